The largest absolute Gasteiger partial charge is 0.316 e. The van der Waals surface area contributed by atoms with Gasteiger partial charge in [-0.1, -0.05) is 48.2 Å². The first-order valence-corrected chi connectivity index (χ1v) is 12.4. The normalized spacial score (nSPS) is 24.1. The Labute approximate surface area is 176 Å². The summed E-state index contributed by atoms with van der Waals surface area (Å²) in [6, 6.07) is 15.8. The van der Waals surface area contributed by atoms with Crippen molar-refractivity contribution in [1.29, 1.82) is 0 Å². The molecule has 0 radical (unpaired) electrons. The van der Waals surface area contributed by atoms with Crippen LogP contribution >= 0.6 is 11.8 Å². The van der Waals surface area contributed by atoms with E-state index >= 15 is 0 Å². The highest BCUT2D eigenvalue weighted by Crippen LogP contribution is 2.41. The third-order valence-electron chi connectivity index (χ3n) is 5.24. The molecule has 0 aliphatic carbocycles. The van der Waals surface area contributed by atoms with Crippen LogP contribution in [0.2, 0.25) is 0 Å². The molecule has 0 aromatic heterocycles. The molecule has 0 bridgehead atoms. The topological polar surface area (TPSA) is 66.8 Å². The number of hydrogen-bond donors (Lipinski definition) is 0. The zero-order valence-corrected chi connectivity index (χ0v) is 18.2. The Balaban J connectivity index is 1.60. The van der Waals surface area contributed by atoms with Gasteiger partial charge in [-0.05, 0) is 49.1 Å². The molecular weight excluding hydrogens is 404 g/mol. The van der Waals surface area contributed by atoms with Crippen molar-refractivity contribution < 1.29 is 13.2 Å². The number of fused-ring (bicyclic) bond motifs is 1. The number of carbonyl (C=O) groups is 1. The molecule has 0 saturated carbocycles. The average Bonchev–Trinajstić information content (AvgIpc) is 3.10. The Kier molecular flexibility index (Phi) is 5.53. The average molecular weight is 429 g/mol. The van der Waals surface area contributed by atoms with Crippen molar-refractivity contribution in [2.24, 2.45) is 4.99 Å². The summed E-state index contributed by atoms with van der Waals surface area (Å²) in [5, 5.41) is 0.541. The molecule has 1 amide bonds. The van der Waals surface area contributed by atoms with Gasteiger partial charge in [-0.25, -0.2) is 8.42 Å². The smallest absolute Gasteiger partial charge is 0.248 e. The molecule has 2 saturated heterocycles. The summed E-state index contributed by atoms with van der Waals surface area (Å²) in [4.78, 5) is 19.0. The molecule has 2 heterocycles. The summed E-state index contributed by atoms with van der Waals surface area (Å²) in [6.45, 7) is 4.04. The van der Waals surface area contributed by atoms with Crippen LogP contribution in [0.3, 0.4) is 0 Å². The van der Waals surface area contributed by atoms with Crippen LogP contribution in [0.15, 0.2) is 53.5 Å². The zero-order chi connectivity index (χ0) is 20.6. The van der Waals surface area contributed by atoms with Gasteiger partial charge >= 0.3 is 0 Å². The lowest BCUT2D eigenvalue weighted by Gasteiger charge is -2.25. The Hall–Kier alpha value is -2.12. The minimum Gasteiger partial charge on any atom is -0.316 e. The van der Waals surface area contributed by atoms with Gasteiger partial charge in [-0.3, -0.25) is 4.79 Å². The van der Waals surface area contributed by atoms with Crippen molar-refractivity contribution in [1.82, 2.24) is 0 Å². The van der Waals surface area contributed by atoms with Gasteiger partial charge in [0.15, 0.2) is 15.0 Å². The summed E-state index contributed by atoms with van der Waals surface area (Å²) in [6.07, 6.45) is 0.980. The Morgan fingerprint density at radius 1 is 1.10 bits per heavy atom. The molecule has 2 aliphatic rings. The summed E-state index contributed by atoms with van der Waals surface area (Å²) in [5.41, 5.74) is 4.22. The lowest BCUT2D eigenvalue weighted by molar-refractivity contribution is -0.117. The molecule has 5 nitrogen and oxygen atoms in total. The van der Waals surface area contributed by atoms with Crippen molar-refractivity contribution in [3.8, 4) is 0 Å². The summed E-state index contributed by atoms with van der Waals surface area (Å²) >= 11 is 1.42. The first-order valence-electron chi connectivity index (χ1n) is 9.71. The van der Waals surface area contributed by atoms with Gasteiger partial charge in [0.25, 0.3) is 0 Å². The van der Waals surface area contributed by atoms with Crippen LogP contribution in [0, 0.1) is 13.8 Å². The molecule has 2 aromatic rings. The van der Waals surface area contributed by atoms with Crippen LogP contribution in [0.5, 0.6) is 0 Å². The van der Waals surface area contributed by atoms with Crippen LogP contribution < -0.4 is 4.90 Å². The second kappa shape index (κ2) is 7.95. The standard InChI is InChI=1S/C22H24N2O3S2/c1-15-10-16(2)12-18(11-15)24-19-13-29(26,27)14-20(19)28-22(24)23-21(25)9-8-17-6-4-3-5-7-17/h3-7,10-12,19-20H,8-9,13-14H2,1-2H3. The molecule has 29 heavy (non-hydrogen) atoms. The SMILES string of the molecule is Cc1cc(C)cc(N2C(=NC(=O)CCc3ccccc3)SC3CS(=O)(=O)CC32)c1. The predicted octanol–water partition coefficient (Wildman–Crippen LogP) is 3.54. The van der Waals surface area contributed by atoms with Crippen LogP contribution in [-0.4, -0.2) is 42.3 Å². The summed E-state index contributed by atoms with van der Waals surface area (Å²) < 4.78 is 24.4. The van der Waals surface area contributed by atoms with Crippen LogP contribution in [0.1, 0.15) is 23.1 Å². The number of benzene rings is 2. The maximum absolute atomic E-state index is 12.6. The van der Waals surface area contributed by atoms with E-state index in [-0.39, 0.29) is 28.7 Å². The number of amidine groups is 1. The Bertz CT molecular complexity index is 1040. The van der Waals surface area contributed by atoms with E-state index in [0.717, 1.165) is 22.4 Å². The molecule has 152 valence electrons. The molecule has 2 unspecified atom stereocenters. The third-order valence-corrected chi connectivity index (χ3v) is 8.45. The van der Waals surface area contributed by atoms with E-state index in [1.165, 1.54) is 11.8 Å². The highest BCUT2D eigenvalue weighted by molar-refractivity contribution is 8.16. The third kappa shape index (κ3) is 4.56. The lowest BCUT2D eigenvalue weighted by atomic mass is 10.1. The van der Waals surface area contributed by atoms with Crippen molar-refractivity contribution in [3.05, 3.63) is 65.2 Å². The minimum atomic E-state index is -3.07. The van der Waals surface area contributed by atoms with Crippen molar-refractivity contribution >= 4 is 38.4 Å². The first kappa shape index (κ1) is 20.2. The minimum absolute atomic E-state index is 0.0820. The number of thioether (sulfide) groups is 1. The number of anilines is 1. The van der Waals surface area contributed by atoms with Crippen LogP contribution in [-0.2, 0) is 21.1 Å². The second-order valence-electron chi connectivity index (χ2n) is 7.79. The van der Waals surface area contributed by atoms with Crippen LogP contribution in [0.25, 0.3) is 0 Å². The molecule has 2 atom stereocenters. The number of hydrogen-bond acceptors (Lipinski definition) is 4. The predicted molar refractivity (Wildman–Crippen MR) is 119 cm³/mol. The molecule has 7 heteroatoms. The number of carbonyl (C=O) groups excluding carboxylic acids is 1. The van der Waals surface area contributed by atoms with Gasteiger partial charge in [-0.2, -0.15) is 4.99 Å². The molecule has 2 aliphatic heterocycles. The quantitative estimate of drug-likeness (QED) is 0.745. The maximum atomic E-state index is 12.6. The monoisotopic (exact) mass is 428 g/mol. The van der Waals surface area contributed by atoms with E-state index in [9.17, 15) is 13.2 Å². The van der Waals surface area contributed by atoms with Crippen molar-refractivity contribution in [2.75, 3.05) is 16.4 Å². The van der Waals surface area contributed by atoms with E-state index < -0.39 is 9.84 Å². The summed E-state index contributed by atoms with van der Waals surface area (Å²) in [5.74, 6) is 0.0731. The summed E-state index contributed by atoms with van der Waals surface area (Å²) in [7, 11) is -3.07. The fourth-order valence-corrected chi connectivity index (χ4v) is 7.95. The number of sulfone groups is 1. The number of amides is 1. The zero-order valence-electron chi connectivity index (χ0n) is 16.5. The fourth-order valence-electron chi connectivity index (χ4n) is 4.01. The molecule has 2 fully saturated rings. The maximum Gasteiger partial charge on any atom is 0.248 e. The number of aryl methyl sites for hydroxylation is 3. The van der Waals surface area contributed by atoms with Gasteiger partial charge in [-0.15, -0.1) is 0 Å². The molecule has 0 spiro atoms. The van der Waals surface area contributed by atoms with E-state index in [4.69, 9.17) is 0 Å². The lowest BCUT2D eigenvalue weighted by Crippen LogP contribution is -2.37. The van der Waals surface area contributed by atoms with Gasteiger partial charge in [0.05, 0.1) is 17.5 Å². The Morgan fingerprint density at radius 2 is 1.79 bits per heavy atom. The second-order valence-corrected chi connectivity index (χ2v) is 11.2. The number of rotatable bonds is 4. The van der Waals surface area contributed by atoms with E-state index in [1.54, 1.807) is 0 Å². The highest BCUT2D eigenvalue weighted by Gasteiger charge is 2.49. The number of nitrogens with zero attached hydrogens (tertiary/aromatic N) is 2. The molecule has 0 N–H and O–H groups in total. The molecular formula is C22H24N2O3S2. The Morgan fingerprint density at radius 3 is 2.48 bits per heavy atom. The molecule has 4 rings (SSSR count). The van der Waals surface area contributed by atoms with Gasteiger partial charge in [0.1, 0.15) is 0 Å². The van der Waals surface area contributed by atoms with Gasteiger partial charge in [0, 0.05) is 17.4 Å². The van der Waals surface area contributed by atoms with E-state index in [2.05, 4.69) is 11.1 Å². The fraction of sp³-hybridized carbons (Fsp3) is 0.364. The van der Waals surface area contributed by atoms with Crippen molar-refractivity contribution in [2.45, 2.75) is 38.0 Å². The highest BCUT2D eigenvalue weighted by atomic mass is 32.2. The number of aliphatic imine (C=N–C) groups is 1. The van der Waals surface area contributed by atoms with E-state index in [0.29, 0.717) is 18.0 Å². The first-order chi connectivity index (χ1) is 13.8. The van der Waals surface area contributed by atoms with Crippen molar-refractivity contribution in [3.63, 3.8) is 0 Å². The van der Waals surface area contributed by atoms with Gasteiger partial charge < -0.3 is 4.90 Å². The molecule has 2 aromatic carbocycles. The van der Waals surface area contributed by atoms with Crippen LogP contribution in [0.4, 0.5) is 5.69 Å². The van der Waals surface area contributed by atoms with Gasteiger partial charge in [0.2, 0.25) is 5.91 Å². The van der Waals surface area contributed by atoms with E-state index in [1.807, 2.05) is 61.2 Å².